The van der Waals surface area contributed by atoms with Crippen LogP contribution in [0.15, 0.2) is 35.5 Å². The predicted molar refractivity (Wildman–Crippen MR) is 125 cm³/mol. The molecule has 0 amide bonds. The third-order valence-electron chi connectivity index (χ3n) is 3.70. The average molecular weight is 502 g/mol. The van der Waals surface area contributed by atoms with E-state index >= 15 is 0 Å². The first-order chi connectivity index (χ1) is 12.5. The van der Waals surface area contributed by atoms with Crippen molar-refractivity contribution in [3.8, 4) is 5.75 Å². The second-order valence-electron chi connectivity index (χ2n) is 6.70. The second-order valence-corrected chi connectivity index (χ2v) is 8.02. The van der Waals surface area contributed by atoms with Gasteiger partial charge >= 0.3 is 0 Å². The Kier molecular flexibility index (Phi) is 10.7. The number of nitrogens with zero attached hydrogens (tertiary/aromatic N) is 2. The molecule has 0 bridgehead atoms. The highest BCUT2D eigenvalue weighted by Crippen LogP contribution is 2.18. The van der Waals surface area contributed by atoms with Crippen LogP contribution in [0.4, 0.5) is 0 Å². The van der Waals surface area contributed by atoms with Crippen LogP contribution < -0.4 is 15.4 Å². The molecule has 2 aromatic rings. The molecule has 150 valence electrons. The highest BCUT2D eigenvalue weighted by atomic mass is 127. The Labute approximate surface area is 184 Å². The van der Waals surface area contributed by atoms with E-state index in [0.717, 1.165) is 29.9 Å². The minimum absolute atomic E-state index is 0. The first-order valence-corrected chi connectivity index (χ1v) is 9.98. The molecule has 5 nitrogen and oxygen atoms in total. The number of hydrogen-bond acceptors (Lipinski definition) is 4. The molecule has 0 radical (unpaired) electrons. The minimum Gasteiger partial charge on any atom is -0.493 e. The predicted octanol–water partition coefficient (Wildman–Crippen LogP) is 4.92. The SMILES string of the molecule is CCNC(=NCc1ncc(C)s1)NC(C)c1ccc(OCC(C)C)cc1.I. The zero-order valence-electron chi connectivity index (χ0n) is 16.8. The number of halogens is 1. The lowest BCUT2D eigenvalue weighted by molar-refractivity contribution is 0.271. The van der Waals surface area contributed by atoms with E-state index < -0.39 is 0 Å². The summed E-state index contributed by atoms with van der Waals surface area (Å²) >= 11 is 1.68. The number of hydrogen-bond donors (Lipinski definition) is 2. The van der Waals surface area contributed by atoms with Crippen LogP contribution in [0.2, 0.25) is 0 Å². The molecule has 2 rings (SSSR count). The summed E-state index contributed by atoms with van der Waals surface area (Å²) < 4.78 is 5.75. The van der Waals surface area contributed by atoms with E-state index in [2.05, 4.69) is 67.4 Å². The molecule has 1 aromatic heterocycles. The maximum atomic E-state index is 5.75. The van der Waals surface area contributed by atoms with Gasteiger partial charge in [-0.05, 0) is 44.4 Å². The standard InChI is InChI=1S/C20H30N4OS.HI/c1-6-21-20(23-12-19-22-11-15(4)26-19)24-16(5)17-7-9-18(10-8-17)25-13-14(2)3;/h7-11,14,16H,6,12-13H2,1-5H3,(H2,21,23,24);1H. The third kappa shape index (κ3) is 8.47. The summed E-state index contributed by atoms with van der Waals surface area (Å²) in [5, 5.41) is 7.78. The molecule has 1 unspecified atom stereocenters. The Bertz CT molecular complexity index is 700. The summed E-state index contributed by atoms with van der Waals surface area (Å²) in [6, 6.07) is 8.39. The summed E-state index contributed by atoms with van der Waals surface area (Å²) in [5.74, 6) is 2.23. The maximum absolute atomic E-state index is 5.75. The van der Waals surface area contributed by atoms with E-state index in [4.69, 9.17) is 4.74 Å². The first-order valence-electron chi connectivity index (χ1n) is 9.16. The number of aryl methyl sites for hydroxylation is 1. The Morgan fingerprint density at radius 3 is 2.48 bits per heavy atom. The molecular weight excluding hydrogens is 471 g/mol. The molecule has 0 saturated heterocycles. The van der Waals surface area contributed by atoms with Crippen molar-refractivity contribution >= 4 is 41.3 Å². The summed E-state index contributed by atoms with van der Waals surface area (Å²) in [6.45, 7) is 12.7. The van der Waals surface area contributed by atoms with Gasteiger partial charge < -0.3 is 15.4 Å². The van der Waals surface area contributed by atoms with E-state index in [9.17, 15) is 0 Å². The molecule has 2 N–H and O–H groups in total. The van der Waals surface area contributed by atoms with E-state index in [1.165, 1.54) is 10.4 Å². The molecule has 0 aliphatic heterocycles. The van der Waals surface area contributed by atoms with Gasteiger partial charge in [0, 0.05) is 17.6 Å². The largest absolute Gasteiger partial charge is 0.493 e. The summed E-state index contributed by atoms with van der Waals surface area (Å²) in [6.07, 6.45) is 1.89. The smallest absolute Gasteiger partial charge is 0.192 e. The third-order valence-corrected chi connectivity index (χ3v) is 4.60. The van der Waals surface area contributed by atoms with Gasteiger partial charge in [0.15, 0.2) is 5.96 Å². The number of aromatic nitrogens is 1. The summed E-state index contributed by atoms with van der Waals surface area (Å²) in [7, 11) is 0. The average Bonchev–Trinajstić information content (AvgIpc) is 3.04. The number of guanidine groups is 1. The van der Waals surface area contributed by atoms with Crippen LogP contribution in [0.25, 0.3) is 0 Å². The van der Waals surface area contributed by atoms with Crippen molar-refractivity contribution in [3.63, 3.8) is 0 Å². The monoisotopic (exact) mass is 502 g/mol. The minimum atomic E-state index is 0. The van der Waals surface area contributed by atoms with Gasteiger partial charge in [0.1, 0.15) is 10.8 Å². The van der Waals surface area contributed by atoms with Gasteiger partial charge in [0.2, 0.25) is 0 Å². The fraction of sp³-hybridized carbons (Fsp3) is 0.500. The van der Waals surface area contributed by atoms with Crippen LogP contribution in [-0.2, 0) is 6.54 Å². The lowest BCUT2D eigenvalue weighted by Crippen LogP contribution is -2.38. The lowest BCUT2D eigenvalue weighted by atomic mass is 10.1. The topological polar surface area (TPSA) is 58.5 Å². The number of benzene rings is 1. The van der Waals surface area contributed by atoms with Crippen molar-refractivity contribution in [1.29, 1.82) is 0 Å². The number of aliphatic imine (C=N–C) groups is 1. The van der Waals surface area contributed by atoms with E-state index in [0.29, 0.717) is 12.5 Å². The van der Waals surface area contributed by atoms with Gasteiger partial charge in [-0.15, -0.1) is 35.3 Å². The zero-order chi connectivity index (χ0) is 18.9. The van der Waals surface area contributed by atoms with Crippen molar-refractivity contribution in [3.05, 3.63) is 45.9 Å². The Balaban J connectivity index is 0.00000364. The zero-order valence-corrected chi connectivity index (χ0v) is 19.9. The van der Waals surface area contributed by atoms with Gasteiger partial charge in [0.05, 0.1) is 19.2 Å². The molecule has 1 heterocycles. The maximum Gasteiger partial charge on any atom is 0.192 e. The molecule has 0 aliphatic carbocycles. The summed E-state index contributed by atoms with van der Waals surface area (Å²) in [4.78, 5) is 10.2. The molecular formula is C20H31IN4OS. The second kappa shape index (κ2) is 12.2. The fourth-order valence-corrected chi connectivity index (χ4v) is 3.06. The van der Waals surface area contributed by atoms with Crippen molar-refractivity contribution in [2.45, 2.75) is 47.2 Å². The van der Waals surface area contributed by atoms with Crippen LogP contribution in [0.1, 0.15) is 49.2 Å². The van der Waals surface area contributed by atoms with E-state index in [-0.39, 0.29) is 30.0 Å². The molecule has 0 fully saturated rings. The van der Waals surface area contributed by atoms with Crippen molar-refractivity contribution < 1.29 is 4.74 Å². The Morgan fingerprint density at radius 1 is 1.22 bits per heavy atom. The quantitative estimate of drug-likeness (QED) is 0.306. The van der Waals surface area contributed by atoms with Crippen LogP contribution in [-0.4, -0.2) is 24.1 Å². The van der Waals surface area contributed by atoms with Crippen LogP contribution >= 0.6 is 35.3 Å². The van der Waals surface area contributed by atoms with Crippen LogP contribution in [0.5, 0.6) is 5.75 Å². The molecule has 7 heteroatoms. The molecule has 0 saturated carbocycles. The van der Waals surface area contributed by atoms with Crippen molar-refractivity contribution in [2.24, 2.45) is 10.9 Å². The van der Waals surface area contributed by atoms with Crippen LogP contribution in [0, 0.1) is 12.8 Å². The normalized spacial score (nSPS) is 12.4. The number of rotatable bonds is 8. The molecule has 1 aromatic carbocycles. The highest BCUT2D eigenvalue weighted by Gasteiger charge is 2.09. The van der Waals surface area contributed by atoms with Crippen molar-refractivity contribution in [1.82, 2.24) is 15.6 Å². The van der Waals surface area contributed by atoms with Gasteiger partial charge in [-0.1, -0.05) is 26.0 Å². The van der Waals surface area contributed by atoms with Gasteiger partial charge in [-0.25, -0.2) is 9.98 Å². The Hall–Kier alpha value is -1.35. The fourth-order valence-electron chi connectivity index (χ4n) is 2.35. The molecule has 27 heavy (non-hydrogen) atoms. The Morgan fingerprint density at radius 2 is 1.93 bits per heavy atom. The number of thiazole rings is 1. The van der Waals surface area contributed by atoms with Crippen LogP contribution in [0.3, 0.4) is 0 Å². The van der Waals surface area contributed by atoms with Gasteiger partial charge in [0.25, 0.3) is 0 Å². The molecule has 0 aliphatic rings. The molecule has 1 atom stereocenters. The first kappa shape index (κ1) is 23.7. The summed E-state index contributed by atoms with van der Waals surface area (Å²) in [5.41, 5.74) is 1.19. The lowest BCUT2D eigenvalue weighted by Gasteiger charge is -2.18. The highest BCUT2D eigenvalue weighted by molar-refractivity contribution is 14.0. The van der Waals surface area contributed by atoms with Gasteiger partial charge in [-0.3, -0.25) is 0 Å². The molecule has 0 spiro atoms. The van der Waals surface area contributed by atoms with E-state index in [1.54, 1.807) is 11.3 Å². The number of nitrogens with one attached hydrogen (secondary N) is 2. The van der Waals surface area contributed by atoms with Crippen molar-refractivity contribution in [2.75, 3.05) is 13.2 Å². The van der Waals surface area contributed by atoms with E-state index in [1.807, 2.05) is 18.3 Å². The number of ether oxygens (including phenoxy) is 1. The van der Waals surface area contributed by atoms with Gasteiger partial charge in [-0.2, -0.15) is 0 Å².